The number of amides is 1. The quantitative estimate of drug-likeness (QED) is 0.858. The van der Waals surface area contributed by atoms with Crippen molar-refractivity contribution in [2.24, 2.45) is 0 Å². The van der Waals surface area contributed by atoms with Crippen LogP contribution in [0.3, 0.4) is 0 Å². The van der Waals surface area contributed by atoms with Crippen molar-refractivity contribution < 1.29 is 19.5 Å². The molecule has 0 unspecified atom stereocenters. The molecule has 2 rings (SSSR count). The van der Waals surface area contributed by atoms with E-state index in [1.807, 2.05) is 24.3 Å². The normalized spacial score (nSPS) is 10.1. The van der Waals surface area contributed by atoms with E-state index in [0.29, 0.717) is 6.42 Å². The van der Waals surface area contributed by atoms with E-state index in [0.717, 1.165) is 11.1 Å². The van der Waals surface area contributed by atoms with Crippen molar-refractivity contribution in [3.05, 3.63) is 70.8 Å². The fraction of sp³-hybridized carbons (Fsp3) is 0.167. The summed E-state index contributed by atoms with van der Waals surface area (Å²) < 4.78 is 0. The highest BCUT2D eigenvalue weighted by Crippen LogP contribution is 2.10. The Morgan fingerprint density at radius 2 is 1.48 bits per heavy atom. The summed E-state index contributed by atoms with van der Waals surface area (Å²) >= 11 is 0. The summed E-state index contributed by atoms with van der Waals surface area (Å²) in [6.07, 6.45) is 0.388. The number of benzene rings is 2. The zero-order valence-electron chi connectivity index (χ0n) is 12.7. The number of carbonyl (C=O) groups is 3. The van der Waals surface area contributed by atoms with Crippen LogP contribution >= 0.6 is 0 Å². The molecule has 0 aliphatic carbocycles. The van der Waals surface area contributed by atoms with Crippen molar-refractivity contribution in [2.75, 3.05) is 0 Å². The molecule has 5 nitrogen and oxygen atoms in total. The Morgan fingerprint density at radius 3 is 2.04 bits per heavy atom. The van der Waals surface area contributed by atoms with Crippen molar-refractivity contribution in [2.45, 2.75) is 19.9 Å². The molecule has 0 fully saturated rings. The molecule has 23 heavy (non-hydrogen) atoms. The lowest BCUT2D eigenvalue weighted by molar-refractivity contribution is -0.116. The van der Waals surface area contributed by atoms with Crippen LogP contribution in [0.4, 0.5) is 0 Å². The minimum Gasteiger partial charge on any atom is -0.478 e. The van der Waals surface area contributed by atoms with E-state index in [-0.39, 0.29) is 23.5 Å². The van der Waals surface area contributed by atoms with Crippen molar-refractivity contribution in [3.63, 3.8) is 0 Å². The van der Waals surface area contributed by atoms with Gasteiger partial charge in [0.2, 0.25) is 0 Å². The highest BCUT2D eigenvalue weighted by atomic mass is 16.4. The van der Waals surface area contributed by atoms with Gasteiger partial charge in [-0.3, -0.25) is 9.59 Å². The first-order valence-electron chi connectivity index (χ1n) is 7.15. The van der Waals surface area contributed by atoms with Gasteiger partial charge >= 0.3 is 5.97 Å². The Hall–Kier alpha value is -2.95. The average Bonchev–Trinajstić information content (AvgIpc) is 2.53. The second kappa shape index (κ2) is 7.35. The number of hydrogen-bond donors (Lipinski definition) is 2. The number of aromatic carboxylic acids is 1. The Kier molecular flexibility index (Phi) is 5.25. The lowest BCUT2D eigenvalue weighted by Gasteiger charge is -2.08. The standard InChI is InChI=1S/C18H17NO4/c1-12(20)10-13-6-8-14(9-7-13)11-19-17(21)15-4-2-3-5-16(15)18(22)23/h2-9H,10-11H2,1H3,(H,19,21)(H,22,23). The Morgan fingerprint density at radius 1 is 0.913 bits per heavy atom. The van der Waals surface area contributed by atoms with Crippen molar-refractivity contribution in [1.82, 2.24) is 5.32 Å². The molecular weight excluding hydrogens is 294 g/mol. The monoisotopic (exact) mass is 311 g/mol. The first kappa shape index (κ1) is 16.4. The van der Waals surface area contributed by atoms with Gasteiger partial charge in [-0.15, -0.1) is 0 Å². The summed E-state index contributed by atoms with van der Waals surface area (Å²) in [5.41, 5.74) is 1.90. The molecule has 1 amide bonds. The third-order valence-corrected chi connectivity index (χ3v) is 3.33. The van der Waals surface area contributed by atoms with E-state index in [9.17, 15) is 14.4 Å². The molecule has 0 atom stereocenters. The molecule has 0 aliphatic heterocycles. The van der Waals surface area contributed by atoms with Crippen LogP contribution in [0, 0.1) is 0 Å². The molecule has 0 spiro atoms. The van der Waals surface area contributed by atoms with E-state index >= 15 is 0 Å². The van der Waals surface area contributed by atoms with Gasteiger partial charge in [0.25, 0.3) is 5.91 Å². The maximum Gasteiger partial charge on any atom is 0.336 e. The highest BCUT2D eigenvalue weighted by Gasteiger charge is 2.15. The van der Waals surface area contributed by atoms with Crippen LogP contribution in [-0.4, -0.2) is 22.8 Å². The number of nitrogens with one attached hydrogen (secondary N) is 1. The van der Waals surface area contributed by atoms with Crippen LogP contribution in [0.15, 0.2) is 48.5 Å². The van der Waals surface area contributed by atoms with Gasteiger partial charge < -0.3 is 10.4 Å². The van der Waals surface area contributed by atoms with Crippen LogP contribution in [-0.2, 0) is 17.8 Å². The van der Waals surface area contributed by atoms with Crippen LogP contribution < -0.4 is 5.32 Å². The molecule has 0 bridgehead atoms. The Bertz CT molecular complexity index is 735. The summed E-state index contributed by atoms with van der Waals surface area (Å²) in [6, 6.07) is 13.4. The van der Waals surface area contributed by atoms with E-state index in [2.05, 4.69) is 5.32 Å². The van der Waals surface area contributed by atoms with E-state index in [1.165, 1.54) is 19.1 Å². The van der Waals surface area contributed by atoms with E-state index < -0.39 is 11.9 Å². The minimum absolute atomic E-state index is 0.0261. The molecule has 0 radical (unpaired) electrons. The van der Waals surface area contributed by atoms with Gasteiger partial charge in [0.1, 0.15) is 5.78 Å². The fourth-order valence-corrected chi connectivity index (χ4v) is 2.21. The minimum atomic E-state index is -1.13. The zero-order valence-corrected chi connectivity index (χ0v) is 12.7. The number of ketones is 1. The maximum absolute atomic E-state index is 12.1. The second-order valence-corrected chi connectivity index (χ2v) is 5.23. The van der Waals surface area contributed by atoms with Gasteiger partial charge in [-0.1, -0.05) is 36.4 Å². The number of hydrogen-bond acceptors (Lipinski definition) is 3. The first-order valence-corrected chi connectivity index (χ1v) is 7.15. The molecule has 2 N–H and O–H groups in total. The largest absolute Gasteiger partial charge is 0.478 e. The molecule has 0 saturated heterocycles. The van der Waals surface area contributed by atoms with Gasteiger partial charge in [-0.25, -0.2) is 4.79 Å². The van der Waals surface area contributed by atoms with Crippen molar-refractivity contribution in [3.8, 4) is 0 Å². The lowest BCUT2D eigenvalue weighted by atomic mass is 10.1. The SMILES string of the molecule is CC(=O)Cc1ccc(CNC(=O)c2ccccc2C(=O)O)cc1. The Balaban J connectivity index is 2.02. The van der Waals surface area contributed by atoms with E-state index in [4.69, 9.17) is 5.11 Å². The third-order valence-electron chi connectivity index (χ3n) is 3.33. The third kappa shape index (κ3) is 4.51. The molecule has 0 heterocycles. The summed E-state index contributed by atoms with van der Waals surface area (Å²) in [6.45, 7) is 1.82. The van der Waals surface area contributed by atoms with Gasteiger partial charge in [-0.05, 0) is 30.2 Å². The lowest BCUT2D eigenvalue weighted by Crippen LogP contribution is -2.24. The van der Waals surface area contributed by atoms with E-state index in [1.54, 1.807) is 12.1 Å². The van der Waals surface area contributed by atoms with Crippen LogP contribution in [0.25, 0.3) is 0 Å². The fourth-order valence-electron chi connectivity index (χ4n) is 2.21. The number of carbonyl (C=O) groups excluding carboxylic acids is 2. The maximum atomic E-state index is 12.1. The predicted octanol–water partition coefficient (Wildman–Crippen LogP) is 2.45. The molecule has 118 valence electrons. The van der Waals surface area contributed by atoms with Crippen LogP contribution in [0.5, 0.6) is 0 Å². The zero-order chi connectivity index (χ0) is 16.8. The van der Waals surface area contributed by atoms with Crippen molar-refractivity contribution >= 4 is 17.7 Å². The van der Waals surface area contributed by atoms with Crippen LogP contribution in [0.1, 0.15) is 38.8 Å². The van der Waals surface area contributed by atoms with Gasteiger partial charge in [0, 0.05) is 13.0 Å². The number of carboxylic acid groups (broad SMARTS) is 1. The topological polar surface area (TPSA) is 83.5 Å². The molecular formula is C18H17NO4. The average molecular weight is 311 g/mol. The second-order valence-electron chi connectivity index (χ2n) is 5.23. The van der Waals surface area contributed by atoms with Crippen LogP contribution in [0.2, 0.25) is 0 Å². The first-order chi connectivity index (χ1) is 11.0. The summed E-state index contributed by atoms with van der Waals surface area (Å²) in [5.74, 6) is -1.48. The van der Waals surface area contributed by atoms with Gasteiger partial charge in [0.15, 0.2) is 0 Å². The number of carboxylic acids is 1. The molecule has 0 aromatic heterocycles. The number of Topliss-reactive ketones (excluding diaryl/α,β-unsaturated/α-hetero) is 1. The molecule has 5 heteroatoms. The molecule has 2 aromatic rings. The predicted molar refractivity (Wildman–Crippen MR) is 85.4 cm³/mol. The molecule has 0 saturated carbocycles. The molecule has 0 aliphatic rings. The Labute approximate surface area is 134 Å². The summed E-state index contributed by atoms with van der Waals surface area (Å²) in [5, 5.41) is 11.8. The van der Waals surface area contributed by atoms with Gasteiger partial charge in [-0.2, -0.15) is 0 Å². The summed E-state index contributed by atoms with van der Waals surface area (Å²) in [4.78, 5) is 34.3. The summed E-state index contributed by atoms with van der Waals surface area (Å²) in [7, 11) is 0. The molecule has 2 aromatic carbocycles. The smallest absolute Gasteiger partial charge is 0.336 e. The van der Waals surface area contributed by atoms with Crippen molar-refractivity contribution in [1.29, 1.82) is 0 Å². The van der Waals surface area contributed by atoms with Gasteiger partial charge in [0.05, 0.1) is 11.1 Å². The number of rotatable bonds is 6. The highest BCUT2D eigenvalue weighted by molar-refractivity contribution is 6.04.